The summed E-state index contributed by atoms with van der Waals surface area (Å²) >= 11 is 5.85. The summed E-state index contributed by atoms with van der Waals surface area (Å²) in [7, 11) is 0. The summed E-state index contributed by atoms with van der Waals surface area (Å²) in [5.74, 6) is -2.33. The van der Waals surface area contributed by atoms with Gasteiger partial charge >= 0.3 is 12.1 Å². The van der Waals surface area contributed by atoms with Crippen LogP contribution < -0.4 is 5.32 Å². The van der Waals surface area contributed by atoms with Crippen LogP contribution in [0.1, 0.15) is 27.7 Å². The minimum absolute atomic E-state index is 0.0758. The van der Waals surface area contributed by atoms with Crippen molar-refractivity contribution in [2.75, 3.05) is 25.0 Å². The number of likely N-dealkylation sites (tertiary alicyclic amines) is 1. The molecule has 0 saturated carbocycles. The number of nitrogens with one attached hydrogen (secondary N) is 1. The Morgan fingerprint density at radius 3 is 2.30 bits per heavy atom. The van der Waals surface area contributed by atoms with Crippen molar-refractivity contribution in [2.45, 2.75) is 33.3 Å². The SMILES string of the molecule is CCOC(=O)C1CN(C(=O)OC(C)(C)C)C[C@@H]1C(=O)Nc1ccc(Cl)cc1. The molecule has 27 heavy (non-hydrogen) atoms. The van der Waals surface area contributed by atoms with Crippen LogP contribution in [-0.2, 0) is 19.1 Å². The first-order valence-corrected chi connectivity index (χ1v) is 9.19. The predicted octanol–water partition coefficient (Wildman–Crippen LogP) is 3.32. The molecule has 1 aromatic rings. The third-order valence-electron chi connectivity index (χ3n) is 4.01. The van der Waals surface area contributed by atoms with Gasteiger partial charge in [-0.3, -0.25) is 9.59 Å². The van der Waals surface area contributed by atoms with Gasteiger partial charge in [0.05, 0.1) is 18.4 Å². The van der Waals surface area contributed by atoms with Crippen LogP contribution in [0, 0.1) is 11.8 Å². The fourth-order valence-electron chi connectivity index (χ4n) is 2.80. The van der Waals surface area contributed by atoms with E-state index < -0.39 is 29.5 Å². The van der Waals surface area contributed by atoms with Crippen molar-refractivity contribution < 1.29 is 23.9 Å². The number of esters is 1. The summed E-state index contributed by atoms with van der Waals surface area (Å²) in [4.78, 5) is 38.8. The highest BCUT2D eigenvalue weighted by Gasteiger charge is 2.45. The third-order valence-corrected chi connectivity index (χ3v) is 4.26. The highest BCUT2D eigenvalue weighted by molar-refractivity contribution is 6.30. The molecule has 2 atom stereocenters. The molecule has 0 spiro atoms. The Morgan fingerprint density at radius 1 is 1.15 bits per heavy atom. The van der Waals surface area contributed by atoms with Gasteiger partial charge in [-0.15, -0.1) is 0 Å². The van der Waals surface area contributed by atoms with Gasteiger partial charge in [0.2, 0.25) is 5.91 Å². The van der Waals surface area contributed by atoms with Gasteiger partial charge in [-0.05, 0) is 52.0 Å². The molecule has 0 radical (unpaired) electrons. The van der Waals surface area contributed by atoms with E-state index in [0.29, 0.717) is 10.7 Å². The average Bonchev–Trinajstić information content (AvgIpc) is 3.01. The summed E-state index contributed by atoms with van der Waals surface area (Å²) in [6.07, 6.45) is -0.557. The Morgan fingerprint density at radius 2 is 1.74 bits per heavy atom. The van der Waals surface area contributed by atoms with Gasteiger partial charge in [-0.2, -0.15) is 0 Å². The van der Waals surface area contributed by atoms with Crippen molar-refractivity contribution in [2.24, 2.45) is 11.8 Å². The Balaban J connectivity index is 2.14. The molecule has 1 unspecified atom stereocenters. The van der Waals surface area contributed by atoms with Gasteiger partial charge in [0, 0.05) is 23.8 Å². The van der Waals surface area contributed by atoms with Gasteiger partial charge < -0.3 is 19.7 Å². The second-order valence-electron chi connectivity index (χ2n) is 7.35. The van der Waals surface area contributed by atoms with Crippen LogP contribution in [0.25, 0.3) is 0 Å². The zero-order valence-electron chi connectivity index (χ0n) is 16.0. The number of hydrogen-bond donors (Lipinski definition) is 1. The molecule has 1 N–H and O–H groups in total. The number of anilines is 1. The summed E-state index contributed by atoms with van der Waals surface area (Å²) in [6.45, 7) is 7.33. The molecule has 1 aliphatic heterocycles. The first-order chi connectivity index (χ1) is 12.6. The van der Waals surface area contributed by atoms with E-state index >= 15 is 0 Å². The Bertz CT molecular complexity index is 699. The van der Waals surface area contributed by atoms with Crippen molar-refractivity contribution in [1.29, 1.82) is 0 Å². The van der Waals surface area contributed by atoms with E-state index in [-0.39, 0.29) is 25.6 Å². The number of nitrogens with zero attached hydrogens (tertiary/aromatic N) is 1. The molecule has 148 valence electrons. The minimum Gasteiger partial charge on any atom is -0.466 e. The maximum Gasteiger partial charge on any atom is 0.410 e. The van der Waals surface area contributed by atoms with Crippen LogP contribution in [0.2, 0.25) is 5.02 Å². The fourth-order valence-corrected chi connectivity index (χ4v) is 2.93. The number of benzene rings is 1. The highest BCUT2D eigenvalue weighted by Crippen LogP contribution is 2.28. The largest absolute Gasteiger partial charge is 0.466 e. The van der Waals surface area contributed by atoms with Crippen LogP contribution in [0.4, 0.5) is 10.5 Å². The number of amides is 2. The molecule has 1 aliphatic rings. The average molecular weight is 397 g/mol. The van der Waals surface area contributed by atoms with Crippen molar-refractivity contribution in [3.8, 4) is 0 Å². The van der Waals surface area contributed by atoms with Crippen LogP contribution in [0.3, 0.4) is 0 Å². The molecule has 2 rings (SSSR count). The number of halogens is 1. The molecule has 0 aliphatic carbocycles. The van der Waals surface area contributed by atoms with Crippen molar-refractivity contribution >= 4 is 35.3 Å². The van der Waals surface area contributed by atoms with Gasteiger partial charge in [-0.1, -0.05) is 11.6 Å². The molecule has 1 saturated heterocycles. The number of ether oxygens (including phenoxy) is 2. The monoisotopic (exact) mass is 396 g/mol. The molecular formula is C19H25ClN2O5. The summed E-state index contributed by atoms with van der Waals surface area (Å²) in [5, 5.41) is 3.31. The minimum atomic E-state index is -0.746. The lowest BCUT2D eigenvalue weighted by molar-refractivity contribution is -0.150. The molecule has 1 fully saturated rings. The Labute approximate surface area is 163 Å². The Hall–Kier alpha value is -2.28. The van der Waals surface area contributed by atoms with E-state index in [9.17, 15) is 14.4 Å². The standard InChI is InChI=1S/C19H25ClN2O5/c1-5-26-17(24)15-11-22(18(25)27-19(2,3)4)10-14(15)16(23)21-13-8-6-12(20)7-9-13/h6-9,14-15H,5,10-11H2,1-4H3,(H,21,23)/t14-,15?/m0/s1. The van der Waals surface area contributed by atoms with E-state index in [1.165, 1.54) is 4.90 Å². The third kappa shape index (κ3) is 5.85. The Kier molecular flexibility index (Phi) is 6.70. The molecule has 0 aromatic heterocycles. The molecule has 7 nitrogen and oxygen atoms in total. The molecule has 1 aromatic carbocycles. The van der Waals surface area contributed by atoms with E-state index in [1.54, 1.807) is 52.0 Å². The maximum absolute atomic E-state index is 12.7. The molecule has 8 heteroatoms. The summed E-state index contributed by atoms with van der Waals surface area (Å²) in [6, 6.07) is 6.64. The summed E-state index contributed by atoms with van der Waals surface area (Å²) in [5.41, 5.74) is -0.108. The smallest absolute Gasteiger partial charge is 0.410 e. The van der Waals surface area contributed by atoms with Crippen LogP contribution in [0.5, 0.6) is 0 Å². The van der Waals surface area contributed by atoms with Gasteiger partial charge in [0.25, 0.3) is 0 Å². The fraction of sp³-hybridized carbons (Fsp3) is 0.526. The second kappa shape index (κ2) is 8.61. The zero-order valence-corrected chi connectivity index (χ0v) is 16.7. The molecule has 1 heterocycles. The first-order valence-electron chi connectivity index (χ1n) is 8.81. The lowest BCUT2D eigenvalue weighted by Crippen LogP contribution is -2.36. The van der Waals surface area contributed by atoms with E-state index in [4.69, 9.17) is 21.1 Å². The molecular weight excluding hydrogens is 372 g/mol. The zero-order chi connectivity index (χ0) is 20.2. The molecule has 2 amide bonds. The number of rotatable bonds is 4. The van der Waals surface area contributed by atoms with E-state index in [2.05, 4.69) is 5.32 Å². The van der Waals surface area contributed by atoms with Gasteiger partial charge in [-0.25, -0.2) is 4.79 Å². The number of carbonyl (C=O) groups excluding carboxylic acids is 3. The topological polar surface area (TPSA) is 84.9 Å². The molecule has 0 bridgehead atoms. The highest BCUT2D eigenvalue weighted by atomic mass is 35.5. The predicted molar refractivity (Wildman–Crippen MR) is 102 cm³/mol. The van der Waals surface area contributed by atoms with E-state index in [1.807, 2.05) is 0 Å². The normalized spacial score (nSPS) is 19.5. The van der Waals surface area contributed by atoms with Crippen molar-refractivity contribution in [3.63, 3.8) is 0 Å². The maximum atomic E-state index is 12.7. The number of carbonyl (C=O) groups is 3. The van der Waals surface area contributed by atoms with Crippen LogP contribution >= 0.6 is 11.6 Å². The van der Waals surface area contributed by atoms with Gasteiger partial charge in [0.1, 0.15) is 5.60 Å². The van der Waals surface area contributed by atoms with Gasteiger partial charge in [0.15, 0.2) is 0 Å². The van der Waals surface area contributed by atoms with Crippen molar-refractivity contribution in [1.82, 2.24) is 4.90 Å². The lowest BCUT2D eigenvalue weighted by atomic mass is 9.95. The lowest BCUT2D eigenvalue weighted by Gasteiger charge is -2.24. The summed E-state index contributed by atoms with van der Waals surface area (Å²) < 4.78 is 10.4. The number of hydrogen-bond acceptors (Lipinski definition) is 5. The van der Waals surface area contributed by atoms with Crippen LogP contribution in [0.15, 0.2) is 24.3 Å². The second-order valence-corrected chi connectivity index (χ2v) is 7.78. The van der Waals surface area contributed by atoms with E-state index in [0.717, 1.165) is 0 Å². The van der Waals surface area contributed by atoms with Crippen LogP contribution in [-0.4, -0.2) is 48.2 Å². The quantitative estimate of drug-likeness (QED) is 0.789. The first kappa shape index (κ1) is 21.0. The van der Waals surface area contributed by atoms with Crippen molar-refractivity contribution in [3.05, 3.63) is 29.3 Å².